The van der Waals surface area contributed by atoms with Gasteiger partial charge in [-0.3, -0.25) is 4.79 Å². The molecule has 1 unspecified atom stereocenters. The average Bonchev–Trinajstić information content (AvgIpc) is 2.95. The maximum absolute atomic E-state index is 12.1. The van der Waals surface area contributed by atoms with Crippen LogP contribution in [0.5, 0.6) is 5.75 Å². The predicted octanol–water partition coefficient (Wildman–Crippen LogP) is 3.04. The van der Waals surface area contributed by atoms with Crippen LogP contribution < -0.4 is 10.1 Å². The molecule has 1 atom stereocenters. The zero-order valence-corrected chi connectivity index (χ0v) is 12.7. The van der Waals surface area contributed by atoms with Crippen molar-refractivity contribution in [3.8, 4) is 5.75 Å². The number of benzene rings is 1. The maximum atomic E-state index is 12.1. The fourth-order valence-corrected chi connectivity index (χ4v) is 2.05. The lowest BCUT2D eigenvalue weighted by molar-refractivity contribution is -0.115. The molecule has 1 aromatic carbocycles. The highest BCUT2D eigenvalue weighted by molar-refractivity contribution is 5.91. The summed E-state index contributed by atoms with van der Waals surface area (Å²) in [4.78, 5) is 12.1. The van der Waals surface area contributed by atoms with Crippen LogP contribution in [0.2, 0.25) is 0 Å². The lowest BCUT2D eigenvalue weighted by Gasteiger charge is -2.14. The predicted molar refractivity (Wildman–Crippen MR) is 82.6 cm³/mol. The number of carbonyl (C=O) groups is 1. The van der Waals surface area contributed by atoms with E-state index >= 15 is 0 Å². The Morgan fingerprint density at radius 3 is 2.67 bits per heavy atom. The van der Waals surface area contributed by atoms with E-state index in [9.17, 15) is 4.79 Å². The van der Waals surface area contributed by atoms with Crippen molar-refractivity contribution in [2.24, 2.45) is 0 Å². The van der Waals surface area contributed by atoms with Crippen molar-refractivity contribution in [2.75, 3.05) is 12.4 Å². The molecule has 0 aliphatic rings. The van der Waals surface area contributed by atoms with Gasteiger partial charge in [0.1, 0.15) is 11.6 Å². The fourth-order valence-electron chi connectivity index (χ4n) is 2.05. The van der Waals surface area contributed by atoms with Gasteiger partial charge in [0.25, 0.3) is 0 Å². The molecule has 1 amide bonds. The highest BCUT2D eigenvalue weighted by Gasteiger charge is 2.11. The van der Waals surface area contributed by atoms with Crippen LogP contribution in [0.25, 0.3) is 0 Å². The van der Waals surface area contributed by atoms with Gasteiger partial charge in [-0.2, -0.15) is 5.10 Å². The molecule has 0 saturated carbocycles. The second-order valence-electron chi connectivity index (χ2n) is 4.99. The summed E-state index contributed by atoms with van der Waals surface area (Å²) in [5, 5.41) is 7.17. The lowest BCUT2D eigenvalue weighted by atomic mass is 10.1. The van der Waals surface area contributed by atoms with E-state index in [0.29, 0.717) is 6.42 Å². The molecular weight excluding hydrogens is 266 g/mol. The van der Waals surface area contributed by atoms with Gasteiger partial charge in [0.05, 0.1) is 25.8 Å². The van der Waals surface area contributed by atoms with Gasteiger partial charge in [0.2, 0.25) is 5.91 Å². The van der Waals surface area contributed by atoms with Gasteiger partial charge in [-0.1, -0.05) is 19.1 Å². The molecule has 0 spiro atoms. The van der Waals surface area contributed by atoms with E-state index in [1.54, 1.807) is 13.3 Å². The van der Waals surface area contributed by atoms with Gasteiger partial charge in [0.15, 0.2) is 0 Å². The van der Waals surface area contributed by atoms with Crippen molar-refractivity contribution in [3.63, 3.8) is 0 Å². The van der Waals surface area contributed by atoms with Gasteiger partial charge in [0, 0.05) is 6.07 Å². The van der Waals surface area contributed by atoms with E-state index in [4.69, 9.17) is 4.74 Å². The zero-order chi connectivity index (χ0) is 15.2. The third-order valence-corrected chi connectivity index (χ3v) is 3.47. The maximum Gasteiger partial charge on any atom is 0.229 e. The standard InChI is InChI=1S/C16H21N3O2/c1-4-12(2)19-15(9-10-17-19)18-16(20)11-13-5-7-14(21-3)8-6-13/h5-10,12H,4,11H2,1-3H3,(H,18,20). The number of aromatic nitrogens is 2. The van der Waals surface area contributed by atoms with Crippen molar-refractivity contribution < 1.29 is 9.53 Å². The summed E-state index contributed by atoms with van der Waals surface area (Å²) in [7, 11) is 1.62. The van der Waals surface area contributed by atoms with Crippen molar-refractivity contribution in [3.05, 3.63) is 42.1 Å². The first-order chi connectivity index (χ1) is 10.1. The smallest absolute Gasteiger partial charge is 0.229 e. The van der Waals surface area contributed by atoms with Gasteiger partial charge in [-0.25, -0.2) is 4.68 Å². The zero-order valence-electron chi connectivity index (χ0n) is 12.7. The van der Waals surface area contributed by atoms with E-state index in [0.717, 1.165) is 23.6 Å². The normalized spacial score (nSPS) is 12.0. The monoisotopic (exact) mass is 287 g/mol. The molecule has 2 rings (SSSR count). The van der Waals surface area contributed by atoms with Crippen LogP contribution in [0, 0.1) is 0 Å². The highest BCUT2D eigenvalue weighted by atomic mass is 16.5. The number of carbonyl (C=O) groups excluding carboxylic acids is 1. The highest BCUT2D eigenvalue weighted by Crippen LogP contribution is 2.17. The van der Waals surface area contributed by atoms with E-state index in [2.05, 4.69) is 24.3 Å². The molecule has 1 heterocycles. The second-order valence-corrected chi connectivity index (χ2v) is 4.99. The molecule has 0 bridgehead atoms. The number of amides is 1. The molecule has 0 fully saturated rings. The Morgan fingerprint density at radius 1 is 1.33 bits per heavy atom. The van der Waals surface area contributed by atoms with Crippen LogP contribution in [0.15, 0.2) is 36.5 Å². The lowest BCUT2D eigenvalue weighted by Crippen LogP contribution is -2.19. The van der Waals surface area contributed by atoms with E-state index < -0.39 is 0 Å². The van der Waals surface area contributed by atoms with Crippen LogP contribution in [0.4, 0.5) is 5.82 Å². The largest absolute Gasteiger partial charge is 0.497 e. The first kappa shape index (κ1) is 15.1. The number of hydrogen-bond donors (Lipinski definition) is 1. The topological polar surface area (TPSA) is 56.2 Å². The Bertz CT molecular complexity index is 590. The summed E-state index contributed by atoms with van der Waals surface area (Å²) >= 11 is 0. The fraction of sp³-hybridized carbons (Fsp3) is 0.375. The number of rotatable bonds is 6. The van der Waals surface area contributed by atoms with E-state index in [-0.39, 0.29) is 11.9 Å². The molecule has 0 aliphatic heterocycles. The first-order valence-electron chi connectivity index (χ1n) is 7.10. The molecule has 0 aliphatic carbocycles. The van der Waals surface area contributed by atoms with Gasteiger partial charge in [-0.15, -0.1) is 0 Å². The summed E-state index contributed by atoms with van der Waals surface area (Å²) in [6.07, 6.45) is 2.99. The van der Waals surface area contributed by atoms with Crippen molar-refractivity contribution in [2.45, 2.75) is 32.7 Å². The molecule has 1 aromatic heterocycles. The molecular formula is C16H21N3O2. The summed E-state index contributed by atoms with van der Waals surface area (Å²) in [5.74, 6) is 1.47. The number of methoxy groups -OCH3 is 1. The summed E-state index contributed by atoms with van der Waals surface area (Å²) in [6.45, 7) is 4.17. The quantitative estimate of drug-likeness (QED) is 0.888. The van der Waals surface area contributed by atoms with Crippen LogP contribution in [0.3, 0.4) is 0 Å². The third-order valence-electron chi connectivity index (χ3n) is 3.47. The van der Waals surface area contributed by atoms with Gasteiger partial charge >= 0.3 is 0 Å². The summed E-state index contributed by atoms with van der Waals surface area (Å²) in [6, 6.07) is 9.57. The SMILES string of the molecule is CCC(C)n1nccc1NC(=O)Cc1ccc(OC)cc1. The Balaban J connectivity index is 1.99. The first-order valence-corrected chi connectivity index (χ1v) is 7.10. The van der Waals surface area contributed by atoms with Gasteiger partial charge < -0.3 is 10.1 Å². The van der Waals surface area contributed by atoms with Crippen LogP contribution in [-0.4, -0.2) is 22.8 Å². The second kappa shape index (κ2) is 6.92. The number of anilines is 1. The summed E-state index contributed by atoms with van der Waals surface area (Å²) in [5.41, 5.74) is 0.947. The molecule has 21 heavy (non-hydrogen) atoms. The van der Waals surface area contributed by atoms with E-state index in [1.165, 1.54) is 0 Å². The van der Waals surface area contributed by atoms with Crippen molar-refractivity contribution >= 4 is 11.7 Å². The Labute approximate surface area is 124 Å². The molecule has 5 nitrogen and oxygen atoms in total. The third kappa shape index (κ3) is 3.84. The number of ether oxygens (including phenoxy) is 1. The Morgan fingerprint density at radius 2 is 2.05 bits per heavy atom. The minimum Gasteiger partial charge on any atom is -0.497 e. The minimum atomic E-state index is -0.0507. The Hall–Kier alpha value is -2.30. The minimum absolute atomic E-state index is 0.0507. The van der Waals surface area contributed by atoms with Crippen molar-refractivity contribution in [1.29, 1.82) is 0 Å². The average molecular weight is 287 g/mol. The number of nitrogens with one attached hydrogen (secondary N) is 1. The van der Waals surface area contributed by atoms with Crippen molar-refractivity contribution in [1.82, 2.24) is 9.78 Å². The molecule has 112 valence electrons. The Kier molecular flexibility index (Phi) is 4.98. The van der Waals surface area contributed by atoms with Crippen LogP contribution in [-0.2, 0) is 11.2 Å². The summed E-state index contributed by atoms with van der Waals surface area (Å²) < 4.78 is 6.94. The number of nitrogens with zero attached hydrogens (tertiary/aromatic N) is 2. The van der Waals surface area contributed by atoms with Crippen LogP contribution in [0.1, 0.15) is 31.9 Å². The van der Waals surface area contributed by atoms with Crippen LogP contribution >= 0.6 is 0 Å². The molecule has 0 saturated heterocycles. The molecule has 2 aromatic rings. The van der Waals surface area contributed by atoms with Gasteiger partial charge in [-0.05, 0) is 31.0 Å². The number of hydrogen-bond acceptors (Lipinski definition) is 3. The molecule has 5 heteroatoms. The molecule has 0 radical (unpaired) electrons. The van der Waals surface area contributed by atoms with E-state index in [1.807, 2.05) is 35.0 Å². The molecule has 1 N–H and O–H groups in total.